The number of benzene rings is 1. The van der Waals surface area contributed by atoms with Gasteiger partial charge in [0.25, 0.3) is 0 Å². The lowest BCUT2D eigenvalue weighted by Gasteiger charge is -2.34. The molecule has 0 aliphatic carbocycles. The van der Waals surface area contributed by atoms with Crippen LogP contribution in [-0.4, -0.2) is 41.3 Å². The molecule has 1 aliphatic rings. The summed E-state index contributed by atoms with van der Waals surface area (Å²) in [4.78, 5) is 4.70. The van der Waals surface area contributed by atoms with Gasteiger partial charge in [0, 0.05) is 31.7 Å². The second kappa shape index (κ2) is 6.84. The van der Waals surface area contributed by atoms with Crippen molar-refractivity contribution in [2.24, 2.45) is 0 Å². The van der Waals surface area contributed by atoms with Crippen LogP contribution in [0.15, 0.2) is 65.3 Å². The van der Waals surface area contributed by atoms with Crippen molar-refractivity contribution in [3.63, 3.8) is 0 Å². The average Bonchev–Trinajstić information content (AvgIpc) is 3.16. The number of furan rings is 1. The summed E-state index contributed by atoms with van der Waals surface area (Å²) >= 11 is 0. The molecule has 0 saturated carbocycles. The molecule has 3 aromatic rings. The molecule has 1 fully saturated rings. The van der Waals surface area contributed by atoms with Crippen LogP contribution in [0, 0.1) is 0 Å². The van der Waals surface area contributed by atoms with Gasteiger partial charge in [0.2, 0.25) is 0 Å². The number of rotatable bonds is 4. The predicted molar refractivity (Wildman–Crippen MR) is 93.7 cm³/mol. The zero-order valence-electron chi connectivity index (χ0n) is 13.5. The maximum Gasteiger partial charge on any atom is 0.151 e. The highest BCUT2D eigenvalue weighted by Gasteiger charge is 2.19. The quantitative estimate of drug-likeness (QED) is 0.739. The number of hydrogen-bond donors (Lipinski definition) is 0. The summed E-state index contributed by atoms with van der Waals surface area (Å²) in [5, 5.41) is 8.80. The summed E-state index contributed by atoms with van der Waals surface area (Å²) in [6.45, 7) is 4.80. The van der Waals surface area contributed by atoms with Crippen molar-refractivity contribution in [2.45, 2.75) is 6.54 Å². The highest BCUT2D eigenvalue weighted by atomic mass is 16.3. The van der Waals surface area contributed by atoms with E-state index in [-0.39, 0.29) is 0 Å². The molecule has 0 radical (unpaired) electrons. The number of aromatic nitrogens is 2. The van der Waals surface area contributed by atoms with Crippen molar-refractivity contribution in [2.75, 3.05) is 31.1 Å². The Labute approximate surface area is 141 Å². The van der Waals surface area contributed by atoms with Gasteiger partial charge in [-0.3, -0.25) is 4.90 Å². The zero-order chi connectivity index (χ0) is 16.2. The molecule has 24 heavy (non-hydrogen) atoms. The highest BCUT2D eigenvalue weighted by molar-refractivity contribution is 5.59. The molecular weight excluding hydrogens is 300 g/mol. The first kappa shape index (κ1) is 14.9. The number of piperazine rings is 1. The molecule has 1 aliphatic heterocycles. The molecule has 5 heteroatoms. The van der Waals surface area contributed by atoms with E-state index in [4.69, 9.17) is 4.42 Å². The van der Waals surface area contributed by atoms with Crippen LogP contribution in [0.1, 0.15) is 5.76 Å². The van der Waals surface area contributed by atoms with Gasteiger partial charge in [-0.25, -0.2) is 0 Å². The molecule has 1 saturated heterocycles. The third-order valence-corrected chi connectivity index (χ3v) is 4.38. The van der Waals surface area contributed by atoms with E-state index in [1.54, 1.807) is 6.26 Å². The molecule has 3 heterocycles. The van der Waals surface area contributed by atoms with E-state index in [1.807, 2.05) is 36.4 Å². The molecule has 0 spiro atoms. The summed E-state index contributed by atoms with van der Waals surface area (Å²) in [6.07, 6.45) is 1.73. The maximum atomic E-state index is 5.43. The lowest BCUT2D eigenvalue weighted by molar-refractivity contribution is 0.230. The third kappa shape index (κ3) is 3.31. The molecular formula is C19H20N4O. The predicted octanol–water partition coefficient (Wildman–Crippen LogP) is 3.06. The molecule has 5 nitrogen and oxygen atoms in total. The highest BCUT2D eigenvalue weighted by Crippen LogP contribution is 2.19. The van der Waals surface area contributed by atoms with Crippen LogP contribution >= 0.6 is 0 Å². The summed E-state index contributed by atoms with van der Waals surface area (Å²) in [7, 11) is 0. The number of anilines is 1. The zero-order valence-corrected chi connectivity index (χ0v) is 13.5. The summed E-state index contributed by atoms with van der Waals surface area (Å²) in [6, 6.07) is 18.2. The summed E-state index contributed by atoms with van der Waals surface area (Å²) in [5.74, 6) is 1.97. The normalized spacial score (nSPS) is 15.6. The van der Waals surface area contributed by atoms with Gasteiger partial charge in [0.1, 0.15) is 5.76 Å². The van der Waals surface area contributed by atoms with E-state index in [0.717, 1.165) is 55.6 Å². The standard InChI is InChI=1S/C19H20N4O/c1-2-5-16(6-3-1)18-8-9-19(21-20-18)23-12-10-22(11-13-23)15-17-7-4-14-24-17/h1-9,14H,10-13,15H2. The van der Waals surface area contributed by atoms with E-state index >= 15 is 0 Å². The fourth-order valence-corrected chi connectivity index (χ4v) is 3.01. The minimum absolute atomic E-state index is 0.874. The van der Waals surface area contributed by atoms with Crippen LogP contribution in [0.5, 0.6) is 0 Å². The van der Waals surface area contributed by atoms with E-state index in [9.17, 15) is 0 Å². The first-order valence-electron chi connectivity index (χ1n) is 8.27. The van der Waals surface area contributed by atoms with E-state index in [1.165, 1.54) is 0 Å². The first-order valence-corrected chi connectivity index (χ1v) is 8.27. The topological polar surface area (TPSA) is 45.4 Å². The van der Waals surface area contributed by atoms with Gasteiger partial charge in [-0.2, -0.15) is 0 Å². The molecule has 1 aromatic carbocycles. The van der Waals surface area contributed by atoms with Crippen LogP contribution in [0.4, 0.5) is 5.82 Å². The second-order valence-corrected chi connectivity index (χ2v) is 5.99. The van der Waals surface area contributed by atoms with E-state index in [2.05, 4.69) is 38.2 Å². The van der Waals surface area contributed by atoms with Gasteiger partial charge >= 0.3 is 0 Å². The lowest BCUT2D eigenvalue weighted by atomic mass is 10.1. The van der Waals surface area contributed by atoms with Crippen molar-refractivity contribution in [1.29, 1.82) is 0 Å². The summed E-state index contributed by atoms with van der Waals surface area (Å²) in [5.41, 5.74) is 2.01. The minimum atomic E-state index is 0.874. The van der Waals surface area contributed by atoms with Crippen molar-refractivity contribution in [1.82, 2.24) is 15.1 Å². The van der Waals surface area contributed by atoms with Gasteiger partial charge in [0.05, 0.1) is 18.5 Å². The van der Waals surface area contributed by atoms with Gasteiger partial charge in [-0.15, -0.1) is 10.2 Å². The van der Waals surface area contributed by atoms with Crippen molar-refractivity contribution in [3.8, 4) is 11.3 Å². The van der Waals surface area contributed by atoms with Crippen LogP contribution in [0.3, 0.4) is 0 Å². The molecule has 0 unspecified atom stereocenters. The third-order valence-electron chi connectivity index (χ3n) is 4.38. The Hall–Kier alpha value is -2.66. The number of hydrogen-bond acceptors (Lipinski definition) is 5. The fraction of sp³-hybridized carbons (Fsp3) is 0.263. The minimum Gasteiger partial charge on any atom is -0.468 e. The molecule has 0 bridgehead atoms. The van der Waals surface area contributed by atoms with Crippen molar-refractivity contribution < 1.29 is 4.42 Å². The van der Waals surface area contributed by atoms with Crippen LogP contribution in [0.2, 0.25) is 0 Å². The first-order chi connectivity index (χ1) is 11.9. The Morgan fingerprint density at radius 1 is 0.833 bits per heavy atom. The summed E-state index contributed by atoms with van der Waals surface area (Å²) < 4.78 is 5.43. The molecule has 2 aromatic heterocycles. The van der Waals surface area contributed by atoms with Crippen LogP contribution in [0.25, 0.3) is 11.3 Å². The van der Waals surface area contributed by atoms with Crippen molar-refractivity contribution in [3.05, 3.63) is 66.6 Å². The Morgan fingerprint density at radius 3 is 2.33 bits per heavy atom. The largest absolute Gasteiger partial charge is 0.468 e. The van der Waals surface area contributed by atoms with Crippen LogP contribution < -0.4 is 4.90 Å². The average molecular weight is 320 g/mol. The Bertz CT molecular complexity index is 748. The molecule has 4 rings (SSSR count). The molecule has 122 valence electrons. The Morgan fingerprint density at radius 2 is 1.67 bits per heavy atom. The molecule has 0 amide bonds. The van der Waals surface area contributed by atoms with Gasteiger partial charge < -0.3 is 9.32 Å². The molecule has 0 atom stereocenters. The maximum absolute atomic E-state index is 5.43. The fourth-order valence-electron chi connectivity index (χ4n) is 3.01. The monoisotopic (exact) mass is 320 g/mol. The van der Waals surface area contributed by atoms with E-state index < -0.39 is 0 Å². The van der Waals surface area contributed by atoms with Gasteiger partial charge in [0.15, 0.2) is 5.82 Å². The Kier molecular flexibility index (Phi) is 4.25. The van der Waals surface area contributed by atoms with Gasteiger partial charge in [-0.05, 0) is 24.3 Å². The van der Waals surface area contributed by atoms with Crippen LogP contribution in [-0.2, 0) is 6.54 Å². The molecule has 0 N–H and O–H groups in total. The lowest BCUT2D eigenvalue weighted by Crippen LogP contribution is -2.46. The van der Waals surface area contributed by atoms with E-state index in [0.29, 0.717) is 0 Å². The van der Waals surface area contributed by atoms with Crippen molar-refractivity contribution >= 4 is 5.82 Å². The Balaban J connectivity index is 1.37. The van der Waals surface area contributed by atoms with Gasteiger partial charge in [-0.1, -0.05) is 30.3 Å². The smallest absolute Gasteiger partial charge is 0.151 e. The SMILES string of the molecule is c1ccc(-c2ccc(N3CCN(Cc4ccco4)CC3)nn2)cc1. The number of nitrogens with zero attached hydrogens (tertiary/aromatic N) is 4. The second-order valence-electron chi connectivity index (χ2n) is 5.99.